The Kier molecular flexibility index (Phi) is 2.14. The molecule has 2 rings (SSSR count). The van der Waals surface area contributed by atoms with Gasteiger partial charge in [-0.1, -0.05) is 20.8 Å². The van der Waals surface area contributed by atoms with Crippen molar-refractivity contribution in [3.8, 4) is 0 Å². The van der Waals surface area contributed by atoms with Crippen LogP contribution in [-0.2, 0) is 6.42 Å². The summed E-state index contributed by atoms with van der Waals surface area (Å²) in [5.41, 5.74) is 7.53. The normalized spacial score (nSPS) is 12.2. The summed E-state index contributed by atoms with van der Waals surface area (Å²) in [5, 5.41) is 8.28. The molecule has 0 spiro atoms. The number of hydrogen-bond donors (Lipinski definition) is 1. The van der Waals surface area contributed by atoms with Crippen molar-refractivity contribution >= 4 is 11.3 Å². The van der Waals surface area contributed by atoms with E-state index in [0.717, 1.165) is 23.6 Å². The number of anilines is 1. The molecular formula is C11H16N4. The molecule has 0 radical (unpaired) electrons. The summed E-state index contributed by atoms with van der Waals surface area (Å²) >= 11 is 0. The van der Waals surface area contributed by atoms with Crippen molar-refractivity contribution in [2.45, 2.75) is 27.2 Å². The van der Waals surface area contributed by atoms with Crippen LogP contribution in [0.4, 0.5) is 5.69 Å². The van der Waals surface area contributed by atoms with E-state index in [1.54, 1.807) is 0 Å². The SMILES string of the molecule is CC(C)(C)Cc1nnc2ccc(N)cn12. The van der Waals surface area contributed by atoms with Crippen LogP contribution in [0.15, 0.2) is 18.3 Å². The third kappa shape index (κ3) is 2.09. The number of nitrogens with zero attached hydrogens (tertiary/aromatic N) is 3. The summed E-state index contributed by atoms with van der Waals surface area (Å²) in [6.45, 7) is 6.54. The summed E-state index contributed by atoms with van der Waals surface area (Å²) in [7, 11) is 0. The average molecular weight is 204 g/mol. The number of pyridine rings is 1. The molecule has 4 nitrogen and oxygen atoms in total. The lowest BCUT2D eigenvalue weighted by Gasteiger charge is -2.16. The molecule has 0 bridgehead atoms. The highest BCUT2D eigenvalue weighted by atomic mass is 15.2. The topological polar surface area (TPSA) is 56.2 Å². The lowest BCUT2D eigenvalue weighted by molar-refractivity contribution is 0.399. The standard InChI is InChI=1S/C11H16N4/c1-11(2,3)6-10-14-13-9-5-4-8(12)7-15(9)10/h4-5,7H,6,12H2,1-3H3. The maximum Gasteiger partial charge on any atom is 0.160 e. The van der Waals surface area contributed by atoms with Gasteiger partial charge >= 0.3 is 0 Å². The minimum Gasteiger partial charge on any atom is -0.398 e. The second kappa shape index (κ2) is 3.22. The largest absolute Gasteiger partial charge is 0.398 e. The molecule has 2 aromatic heterocycles. The quantitative estimate of drug-likeness (QED) is 0.771. The molecule has 0 saturated heterocycles. The van der Waals surface area contributed by atoms with Gasteiger partial charge in [-0.25, -0.2) is 0 Å². The van der Waals surface area contributed by atoms with Crippen LogP contribution in [-0.4, -0.2) is 14.6 Å². The highest BCUT2D eigenvalue weighted by molar-refractivity contribution is 5.47. The fraction of sp³-hybridized carbons (Fsp3) is 0.455. The van der Waals surface area contributed by atoms with Crippen molar-refractivity contribution in [2.75, 3.05) is 5.73 Å². The molecule has 0 amide bonds. The Morgan fingerprint density at radius 3 is 2.67 bits per heavy atom. The summed E-state index contributed by atoms with van der Waals surface area (Å²) in [6.07, 6.45) is 2.76. The first kappa shape index (κ1) is 9.96. The third-order valence-corrected chi connectivity index (χ3v) is 2.18. The maximum atomic E-state index is 5.74. The predicted molar refractivity (Wildman–Crippen MR) is 60.6 cm³/mol. The van der Waals surface area contributed by atoms with Gasteiger partial charge in [0.05, 0.1) is 0 Å². The van der Waals surface area contributed by atoms with Crippen LogP contribution in [0.5, 0.6) is 0 Å². The molecule has 0 aliphatic carbocycles. The molecule has 4 heteroatoms. The molecular weight excluding hydrogens is 188 g/mol. The van der Waals surface area contributed by atoms with Gasteiger partial charge < -0.3 is 5.73 Å². The van der Waals surface area contributed by atoms with Gasteiger partial charge in [0, 0.05) is 18.3 Å². The first-order valence-electron chi connectivity index (χ1n) is 5.05. The number of nitrogen functional groups attached to an aromatic ring is 1. The molecule has 80 valence electrons. The Morgan fingerprint density at radius 2 is 2.00 bits per heavy atom. The van der Waals surface area contributed by atoms with Crippen LogP contribution in [0.3, 0.4) is 0 Å². The average Bonchev–Trinajstić information content (AvgIpc) is 2.46. The molecule has 2 aromatic rings. The fourth-order valence-corrected chi connectivity index (χ4v) is 1.55. The van der Waals surface area contributed by atoms with Gasteiger partial charge in [-0.2, -0.15) is 0 Å². The summed E-state index contributed by atoms with van der Waals surface area (Å²) in [6, 6.07) is 3.72. The zero-order chi connectivity index (χ0) is 11.1. The van der Waals surface area contributed by atoms with E-state index in [1.165, 1.54) is 0 Å². The third-order valence-electron chi connectivity index (χ3n) is 2.18. The highest BCUT2D eigenvalue weighted by Crippen LogP contribution is 2.20. The Hall–Kier alpha value is -1.58. The Morgan fingerprint density at radius 1 is 1.27 bits per heavy atom. The van der Waals surface area contributed by atoms with Gasteiger partial charge in [0.1, 0.15) is 5.82 Å². The number of aromatic nitrogens is 3. The second-order valence-electron chi connectivity index (χ2n) is 5.04. The second-order valence-corrected chi connectivity index (χ2v) is 5.04. The van der Waals surface area contributed by atoms with Gasteiger partial charge in [-0.3, -0.25) is 4.40 Å². The summed E-state index contributed by atoms with van der Waals surface area (Å²) in [4.78, 5) is 0. The van der Waals surface area contributed by atoms with Crippen molar-refractivity contribution in [3.63, 3.8) is 0 Å². The monoisotopic (exact) mass is 204 g/mol. The van der Waals surface area contributed by atoms with E-state index in [4.69, 9.17) is 5.73 Å². The first-order valence-corrected chi connectivity index (χ1v) is 5.05. The molecule has 0 aliphatic heterocycles. The van der Waals surface area contributed by atoms with E-state index >= 15 is 0 Å². The van der Waals surface area contributed by atoms with Crippen LogP contribution in [0.1, 0.15) is 26.6 Å². The van der Waals surface area contributed by atoms with Crippen molar-refractivity contribution in [1.82, 2.24) is 14.6 Å². The first-order chi connectivity index (χ1) is 6.96. The molecule has 0 unspecified atom stereocenters. The lowest BCUT2D eigenvalue weighted by atomic mass is 9.92. The van der Waals surface area contributed by atoms with Gasteiger partial charge in [0.15, 0.2) is 5.65 Å². The number of rotatable bonds is 1. The number of hydrogen-bond acceptors (Lipinski definition) is 3. The molecule has 0 aromatic carbocycles. The van der Waals surface area contributed by atoms with Crippen molar-refractivity contribution in [3.05, 3.63) is 24.2 Å². The number of fused-ring (bicyclic) bond motifs is 1. The van der Waals surface area contributed by atoms with Crippen LogP contribution in [0, 0.1) is 5.41 Å². The molecule has 0 atom stereocenters. The van der Waals surface area contributed by atoms with E-state index in [0.29, 0.717) is 0 Å². The van der Waals surface area contributed by atoms with Crippen LogP contribution >= 0.6 is 0 Å². The molecule has 15 heavy (non-hydrogen) atoms. The zero-order valence-electron chi connectivity index (χ0n) is 9.36. The smallest absolute Gasteiger partial charge is 0.160 e. The van der Waals surface area contributed by atoms with Crippen molar-refractivity contribution in [2.24, 2.45) is 5.41 Å². The molecule has 0 fully saturated rings. The van der Waals surface area contributed by atoms with Crippen LogP contribution in [0.25, 0.3) is 5.65 Å². The van der Waals surface area contributed by atoms with E-state index in [2.05, 4.69) is 31.0 Å². The van der Waals surface area contributed by atoms with Crippen LogP contribution in [0.2, 0.25) is 0 Å². The highest BCUT2D eigenvalue weighted by Gasteiger charge is 2.15. The predicted octanol–water partition coefficient (Wildman–Crippen LogP) is 1.90. The zero-order valence-corrected chi connectivity index (χ0v) is 9.36. The van der Waals surface area contributed by atoms with Gasteiger partial charge in [0.2, 0.25) is 0 Å². The maximum absolute atomic E-state index is 5.74. The van der Waals surface area contributed by atoms with Gasteiger partial charge in [-0.05, 0) is 17.5 Å². The number of nitrogens with two attached hydrogens (primary N) is 1. The fourth-order valence-electron chi connectivity index (χ4n) is 1.55. The summed E-state index contributed by atoms with van der Waals surface area (Å²) in [5.74, 6) is 0.963. The minimum absolute atomic E-state index is 0.202. The van der Waals surface area contributed by atoms with Crippen LogP contribution < -0.4 is 5.73 Å². The minimum atomic E-state index is 0.202. The van der Waals surface area contributed by atoms with E-state index in [-0.39, 0.29) is 5.41 Å². The summed E-state index contributed by atoms with van der Waals surface area (Å²) < 4.78 is 1.96. The molecule has 2 N–H and O–H groups in total. The Balaban J connectivity index is 2.48. The van der Waals surface area contributed by atoms with Gasteiger partial charge in [-0.15, -0.1) is 10.2 Å². The Labute approximate surface area is 89.1 Å². The molecule has 0 saturated carbocycles. The van der Waals surface area contributed by atoms with E-state index in [9.17, 15) is 0 Å². The van der Waals surface area contributed by atoms with Crippen molar-refractivity contribution in [1.29, 1.82) is 0 Å². The lowest BCUT2D eigenvalue weighted by Crippen LogP contribution is -2.12. The van der Waals surface area contributed by atoms with E-state index < -0.39 is 0 Å². The van der Waals surface area contributed by atoms with E-state index in [1.807, 2.05) is 22.7 Å². The molecule has 0 aliphatic rings. The van der Waals surface area contributed by atoms with Crippen molar-refractivity contribution < 1.29 is 0 Å². The Bertz CT molecular complexity index is 479. The van der Waals surface area contributed by atoms with Gasteiger partial charge in [0.25, 0.3) is 0 Å². The molecule has 2 heterocycles.